The predicted octanol–water partition coefficient (Wildman–Crippen LogP) is 3.48. The second-order valence-corrected chi connectivity index (χ2v) is 6.26. The van der Waals surface area contributed by atoms with Crippen LogP contribution in [0, 0.1) is 0 Å². The summed E-state index contributed by atoms with van der Waals surface area (Å²) in [4.78, 5) is 17.0. The third-order valence-corrected chi connectivity index (χ3v) is 4.56. The zero-order valence-corrected chi connectivity index (χ0v) is 14.1. The highest BCUT2D eigenvalue weighted by atomic mass is 32.1. The first kappa shape index (κ1) is 15.3. The third kappa shape index (κ3) is 3.07. The number of ether oxygens (including phenoxy) is 1. The minimum absolute atomic E-state index is 0.376. The first-order chi connectivity index (χ1) is 12.2. The van der Waals surface area contributed by atoms with E-state index in [-0.39, 0.29) is 0 Å². The first-order valence-corrected chi connectivity index (χ1v) is 8.28. The van der Waals surface area contributed by atoms with Crippen LogP contribution in [0.4, 0.5) is 16.8 Å². The van der Waals surface area contributed by atoms with Gasteiger partial charge in [-0.05, 0) is 23.8 Å². The van der Waals surface area contributed by atoms with Crippen LogP contribution >= 0.6 is 11.3 Å². The van der Waals surface area contributed by atoms with Gasteiger partial charge in [0.2, 0.25) is 0 Å². The molecule has 1 aromatic carbocycles. The highest BCUT2D eigenvalue weighted by molar-refractivity contribution is 7.22. The number of pyridine rings is 1. The Morgan fingerprint density at radius 1 is 1.08 bits per heavy atom. The highest BCUT2D eigenvalue weighted by Crippen LogP contribution is 2.33. The first-order valence-electron chi connectivity index (χ1n) is 7.46. The molecule has 0 bridgehead atoms. The van der Waals surface area contributed by atoms with Gasteiger partial charge in [0, 0.05) is 24.2 Å². The monoisotopic (exact) mass is 350 g/mol. The lowest BCUT2D eigenvalue weighted by Crippen LogP contribution is -1.95. The maximum absolute atomic E-state index is 5.78. The van der Waals surface area contributed by atoms with E-state index in [9.17, 15) is 0 Å². The number of nitrogens with zero attached hydrogens (tertiary/aromatic N) is 4. The standard InChI is InChI=1S/C17H14N6OS/c1-24-13-6-11(8-21-16(13)18)10-2-3-12-14(7-10)25-17(22-12)23-15-9-19-4-5-20-15/h2-9H,1H3,(H2,18,21)(H,20,22,23). The SMILES string of the molecule is COc1cc(-c2ccc3nc(Nc4cnccn4)sc3c2)cnc1N. The largest absolute Gasteiger partial charge is 0.493 e. The highest BCUT2D eigenvalue weighted by Gasteiger charge is 2.09. The number of nitrogen functional groups attached to an aromatic ring is 1. The third-order valence-electron chi connectivity index (χ3n) is 3.62. The zero-order chi connectivity index (χ0) is 17.2. The van der Waals surface area contributed by atoms with Crippen molar-refractivity contribution in [3.05, 3.63) is 49.1 Å². The molecule has 0 aliphatic rings. The van der Waals surface area contributed by atoms with Crippen LogP contribution in [0.3, 0.4) is 0 Å². The Labute approximate surface area is 147 Å². The van der Waals surface area contributed by atoms with Crippen molar-refractivity contribution in [3.8, 4) is 16.9 Å². The smallest absolute Gasteiger partial charge is 0.189 e. The Hall–Kier alpha value is -3.26. The minimum Gasteiger partial charge on any atom is -0.493 e. The molecule has 0 atom stereocenters. The quantitative estimate of drug-likeness (QED) is 0.581. The Kier molecular flexibility index (Phi) is 3.87. The Morgan fingerprint density at radius 2 is 2.00 bits per heavy atom. The molecule has 4 aromatic rings. The van der Waals surface area contributed by atoms with Crippen molar-refractivity contribution in [2.24, 2.45) is 0 Å². The fourth-order valence-corrected chi connectivity index (χ4v) is 3.32. The van der Waals surface area contributed by atoms with Gasteiger partial charge in [0.15, 0.2) is 22.5 Å². The molecule has 124 valence electrons. The molecule has 0 aliphatic heterocycles. The Bertz CT molecular complexity index is 1030. The lowest BCUT2D eigenvalue weighted by Gasteiger charge is -2.06. The molecule has 0 fully saturated rings. The number of thiazole rings is 1. The summed E-state index contributed by atoms with van der Waals surface area (Å²) in [6, 6.07) is 7.93. The van der Waals surface area contributed by atoms with E-state index in [1.165, 1.54) is 0 Å². The molecule has 3 aromatic heterocycles. The average Bonchev–Trinajstić information content (AvgIpc) is 3.04. The van der Waals surface area contributed by atoms with Crippen molar-refractivity contribution in [2.75, 3.05) is 18.2 Å². The van der Waals surface area contributed by atoms with E-state index in [0.717, 1.165) is 26.5 Å². The molecule has 3 N–H and O–H groups in total. The van der Waals surface area contributed by atoms with Gasteiger partial charge in [0.25, 0.3) is 0 Å². The van der Waals surface area contributed by atoms with E-state index in [0.29, 0.717) is 17.4 Å². The van der Waals surface area contributed by atoms with Crippen LogP contribution < -0.4 is 15.8 Å². The summed E-state index contributed by atoms with van der Waals surface area (Å²) in [6.45, 7) is 0. The molecule has 0 unspecified atom stereocenters. The minimum atomic E-state index is 0.376. The number of nitrogens with one attached hydrogen (secondary N) is 1. The van der Waals surface area contributed by atoms with Crippen molar-refractivity contribution in [2.45, 2.75) is 0 Å². The number of aromatic nitrogens is 4. The number of nitrogens with two attached hydrogens (primary N) is 1. The number of hydrogen-bond acceptors (Lipinski definition) is 8. The van der Waals surface area contributed by atoms with Crippen molar-refractivity contribution in [3.63, 3.8) is 0 Å². The molecule has 3 heterocycles. The molecule has 7 nitrogen and oxygen atoms in total. The van der Waals surface area contributed by atoms with E-state index < -0.39 is 0 Å². The summed E-state index contributed by atoms with van der Waals surface area (Å²) >= 11 is 1.55. The van der Waals surface area contributed by atoms with Crippen molar-refractivity contribution < 1.29 is 4.74 Å². The fourth-order valence-electron chi connectivity index (χ4n) is 2.41. The second-order valence-electron chi connectivity index (χ2n) is 5.23. The van der Waals surface area contributed by atoms with Gasteiger partial charge in [-0.3, -0.25) is 4.98 Å². The van der Waals surface area contributed by atoms with Crippen LogP contribution in [0.2, 0.25) is 0 Å². The number of anilines is 3. The summed E-state index contributed by atoms with van der Waals surface area (Å²) < 4.78 is 6.30. The lowest BCUT2D eigenvalue weighted by molar-refractivity contribution is 0.415. The van der Waals surface area contributed by atoms with Crippen LogP contribution in [0.1, 0.15) is 0 Å². The number of hydrogen-bond donors (Lipinski definition) is 2. The molecule has 4 rings (SSSR count). The van der Waals surface area contributed by atoms with E-state index >= 15 is 0 Å². The summed E-state index contributed by atoms with van der Waals surface area (Å²) in [7, 11) is 1.58. The van der Waals surface area contributed by atoms with Gasteiger partial charge in [-0.1, -0.05) is 17.4 Å². The lowest BCUT2D eigenvalue weighted by atomic mass is 10.1. The summed E-state index contributed by atoms with van der Waals surface area (Å²) in [5, 5.41) is 3.93. The Balaban J connectivity index is 1.68. The molecular formula is C17H14N6OS. The molecular weight excluding hydrogens is 336 g/mol. The maximum atomic E-state index is 5.78. The topological polar surface area (TPSA) is 98.8 Å². The number of methoxy groups -OCH3 is 1. The normalized spacial score (nSPS) is 10.8. The Morgan fingerprint density at radius 3 is 2.80 bits per heavy atom. The molecule has 0 saturated carbocycles. The predicted molar refractivity (Wildman–Crippen MR) is 99.1 cm³/mol. The van der Waals surface area contributed by atoms with Crippen LogP contribution in [0.25, 0.3) is 21.3 Å². The molecule has 0 aliphatic carbocycles. The van der Waals surface area contributed by atoms with Crippen molar-refractivity contribution in [1.82, 2.24) is 19.9 Å². The second kappa shape index (κ2) is 6.33. The van der Waals surface area contributed by atoms with E-state index in [2.05, 4.69) is 31.3 Å². The van der Waals surface area contributed by atoms with Crippen LogP contribution in [0.5, 0.6) is 5.75 Å². The maximum Gasteiger partial charge on any atom is 0.189 e. The molecule has 0 saturated heterocycles. The van der Waals surface area contributed by atoms with Gasteiger partial charge in [0.1, 0.15) is 0 Å². The number of rotatable bonds is 4. The molecule has 0 spiro atoms. The van der Waals surface area contributed by atoms with Gasteiger partial charge in [-0.15, -0.1) is 0 Å². The average molecular weight is 350 g/mol. The van der Waals surface area contributed by atoms with Gasteiger partial charge < -0.3 is 15.8 Å². The van der Waals surface area contributed by atoms with Gasteiger partial charge >= 0.3 is 0 Å². The summed E-state index contributed by atoms with van der Waals surface area (Å²) in [5.41, 5.74) is 8.65. The fraction of sp³-hybridized carbons (Fsp3) is 0.0588. The van der Waals surface area contributed by atoms with Crippen LogP contribution in [-0.2, 0) is 0 Å². The van der Waals surface area contributed by atoms with Crippen molar-refractivity contribution >= 4 is 38.3 Å². The van der Waals surface area contributed by atoms with Gasteiger partial charge in [0.05, 0.1) is 23.5 Å². The van der Waals surface area contributed by atoms with Gasteiger partial charge in [-0.25, -0.2) is 15.0 Å². The van der Waals surface area contributed by atoms with Crippen LogP contribution in [0.15, 0.2) is 49.1 Å². The molecule has 0 radical (unpaired) electrons. The molecule has 25 heavy (non-hydrogen) atoms. The zero-order valence-electron chi connectivity index (χ0n) is 13.3. The molecule has 0 amide bonds. The summed E-state index contributed by atoms with van der Waals surface area (Å²) in [6.07, 6.45) is 6.66. The van der Waals surface area contributed by atoms with E-state index in [1.54, 1.807) is 43.2 Å². The number of benzene rings is 1. The summed E-state index contributed by atoms with van der Waals surface area (Å²) in [5.74, 6) is 1.60. The van der Waals surface area contributed by atoms with E-state index in [4.69, 9.17) is 10.5 Å². The van der Waals surface area contributed by atoms with Crippen molar-refractivity contribution in [1.29, 1.82) is 0 Å². The number of fused-ring (bicyclic) bond motifs is 1. The molecule has 8 heteroatoms. The van der Waals surface area contributed by atoms with E-state index in [1.807, 2.05) is 18.2 Å². The van der Waals surface area contributed by atoms with Crippen LogP contribution in [-0.4, -0.2) is 27.0 Å². The van der Waals surface area contributed by atoms with Gasteiger partial charge in [-0.2, -0.15) is 0 Å².